The molecule has 3 rings (SSSR count). The molecule has 19 heavy (non-hydrogen) atoms. The van der Waals surface area contributed by atoms with Gasteiger partial charge in [0.1, 0.15) is 0 Å². The molecule has 0 unspecified atom stereocenters. The van der Waals surface area contributed by atoms with Crippen molar-refractivity contribution in [1.29, 1.82) is 0 Å². The van der Waals surface area contributed by atoms with Gasteiger partial charge in [0.15, 0.2) is 0 Å². The van der Waals surface area contributed by atoms with Crippen molar-refractivity contribution in [2.75, 3.05) is 19.6 Å². The molecule has 1 fully saturated rings. The maximum absolute atomic E-state index is 12.3. The summed E-state index contributed by atoms with van der Waals surface area (Å²) in [6.45, 7) is 3.95. The van der Waals surface area contributed by atoms with E-state index in [-0.39, 0.29) is 5.56 Å². The lowest BCUT2D eigenvalue weighted by molar-refractivity contribution is 0.220. The predicted molar refractivity (Wildman–Crippen MR) is 74.1 cm³/mol. The summed E-state index contributed by atoms with van der Waals surface area (Å²) in [6.07, 6.45) is 8.79. The Kier molecular flexibility index (Phi) is 3.55. The highest BCUT2D eigenvalue weighted by Crippen LogP contribution is 2.08. The number of hydrogen-bond donors (Lipinski definition) is 0. The van der Waals surface area contributed by atoms with Crippen LogP contribution in [-0.2, 0) is 6.54 Å². The first-order valence-corrected chi connectivity index (χ1v) is 6.86. The fourth-order valence-corrected chi connectivity index (χ4v) is 2.60. The van der Waals surface area contributed by atoms with Gasteiger partial charge in [-0.25, -0.2) is 4.98 Å². The van der Waals surface area contributed by atoms with Crippen LogP contribution in [0.15, 0.2) is 29.6 Å². The Morgan fingerprint density at radius 3 is 2.84 bits per heavy atom. The van der Waals surface area contributed by atoms with E-state index in [1.54, 1.807) is 29.4 Å². The molecule has 0 bridgehead atoms. The molecule has 100 valence electrons. The van der Waals surface area contributed by atoms with Crippen LogP contribution in [0.5, 0.6) is 0 Å². The van der Waals surface area contributed by atoms with Gasteiger partial charge < -0.3 is 4.90 Å². The van der Waals surface area contributed by atoms with E-state index in [0.29, 0.717) is 17.4 Å². The SMILES string of the molecule is O=c1c2ccncc2ncn1CCN1CCCCC1. The number of rotatable bonds is 3. The van der Waals surface area contributed by atoms with Crippen molar-refractivity contribution >= 4 is 10.9 Å². The second-order valence-electron chi connectivity index (χ2n) is 5.04. The first kappa shape index (κ1) is 12.3. The number of pyridine rings is 1. The highest BCUT2D eigenvalue weighted by molar-refractivity contribution is 5.75. The average Bonchev–Trinajstić information content (AvgIpc) is 2.48. The summed E-state index contributed by atoms with van der Waals surface area (Å²) in [7, 11) is 0. The van der Waals surface area contributed by atoms with Gasteiger partial charge in [-0.15, -0.1) is 0 Å². The van der Waals surface area contributed by atoms with Crippen molar-refractivity contribution in [3.63, 3.8) is 0 Å². The van der Waals surface area contributed by atoms with Gasteiger partial charge in [-0.1, -0.05) is 6.42 Å². The van der Waals surface area contributed by atoms with E-state index in [2.05, 4.69) is 14.9 Å². The van der Waals surface area contributed by atoms with E-state index in [1.165, 1.54) is 19.3 Å². The second kappa shape index (κ2) is 5.48. The minimum atomic E-state index is 0.0319. The Hall–Kier alpha value is -1.75. The summed E-state index contributed by atoms with van der Waals surface area (Å²) >= 11 is 0. The molecule has 0 saturated carbocycles. The molecule has 1 aliphatic heterocycles. The average molecular weight is 258 g/mol. The van der Waals surface area contributed by atoms with Gasteiger partial charge in [-0.05, 0) is 32.0 Å². The van der Waals surface area contributed by atoms with E-state index < -0.39 is 0 Å². The second-order valence-corrected chi connectivity index (χ2v) is 5.04. The van der Waals surface area contributed by atoms with Gasteiger partial charge in [0, 0.05) is 19.3 Å². The van der Waals surface area contributed by atoms with Gasteiger partial charge in [0.05, 0.1) is 23.4 Å². The van der Waals surface area contributed by atoms with Crippen molar-refractivity contribution in [3.8, 4) is 0 Å². The maximum Gasteiger partial charge on any atom is 0.261 e. The number of fused-ring (bicyclic) bond motifs is 1. The monoisotopic (exact) mass is 258 g/mol. The lowest BCUT2D eigenvalue weighted by atomic mass is 10.1. The molecule has 5 nitrogen and oxygen atoms in total. The van der Waals surface area contributed by atoms with Crippen molar-refractivity contribution in [3.05, 3.63) is 35.1 Å². The lowest BCUT2D eigenvalue weighted by Gasteiger charge is -2.26. The first-order chi connectivity index (χ1) is 9.34. The molecular formula is C14H18N4O. The fraction of sp³-hybridized carbons (Fsp3) is 0.500. The molecule has 0 N–H and O–H groups in total. The van der Waals surface area contributed by atoms with Crippen molar-refractivity contribution in [2.45, 2.75) is 25.8 Å². The minimum absolute atomic E-state index is 0.0319. The quantitative estimate of drug-likeness (QED) is 0.832. The summed E-state index contributed by atoms with van der Waals surface area (Å²) in [5.41, 5.74) is 0.700. The molecule has 2 aromatic heterocycles. The Balaban J connectivity index is 1.77. The zero-order chi connectivity index (χ0) is 13.1. The highest BCUT2D eigenvalue weighted by atomic mass is 16.1. The third-order valence-electron chi connectivity index (χ3n) is 3.73. The Morgan fingerprint density at radius 2 is 2.00 bits per heavy atom. The van der Waals surface area contributed by atoms with Crippen molar-refractivity contribution < 1.29 is 0 Å². The summed E-state index contributed by atoms with van der Waals surface area (Å²) in [5.74, 6) is 0. The van der Waals surface area contributed by atoms with Gasteiger partial charge in [0.25, 0.3) is 5.56 Å². The van der Waals surface area contributed by atoms with Crippen LogP contribution in [0.2, 0.25) is 0 Å². The van der Waals surface area contributed by atoms with E-state index in [9.17, 15) is 4.79 Å². The molecule has 1 saturated heterocycles. The molecule has 2 aromatic rings. The summed E-state index contributed by atoms with van der Waals surface area (Å²) in [5, 5.41) is 0.649. The third kappa shape index (κ3) is 2.66. The summed E-state index contributed by atoms with van der Waals surface area (Å²) in [6, 6.07) is 1.74. The van der Waals surface area contributed by atoms with E-state index in [1.807, 2.05) is 0 Å². The Labute approximate surface area is 111 Å². The summed E-state index contributed by atoms with van der Waals surface area (Å²) in [4.78, 5) is 23.0. The normalized spacial score (nSPS) is 16.8. The lowest BCUT2D eigenvalue weighted by Crippen LogP contribution is -2.34. The number of piperidine rings is 1. The van der Waals surface area contributed by atoms with Crippen LogP contribution in [0, 0.1) is 0 Å². The number of aromatic nitrogens is 3. The molecule has 0 aliphatic carbocycles. The smallest absolute Gasteiger partial charge is 0.261 e. The summed E-state index contributed by atoms with van der Waals surface area (Å²) < 4.78 is 1.71. The molecule has 0 aromatic carbocycles. The Morgan fingerprint density at radius 1 is 1.16 bits per heavy atom. The van der Waals surface area contributed by atoms with Gasteiger partial charge in [0.2, 0.25) is 0 Å². The number of nitrogens with zero attached hydrogens (tertiary/aromatic N) is 4. The first-order valence-electron chi connectivity index (χ1n) is 6.86. The van der Waals surface area contributed by atoms with Crippen molar-refractivity contribution in [1.82, 2.24) is 19.4 Å². The van der Waals surface area contributed by atoms with E-state index in [4.69, 9.17) is 0 Å². The highest BCUT2D eigenvalue weighted by Gasteiger charge is 2.10. The molecule has 0 radical (unpaired) electrons. The number of hydrogen-bond acceptors (Lipinski definition) is 4. The van der Waals surface area contributed by atoms with Gasteiger partial charge >= 0.3 is 0 Å². The van der Waals surface area contributed by atoms with E-state index in [0.717, 1.165) is 19.6 Å². The maximum atomic E-state index is 12.3. The fourth-order valence-electron chi connectivity index (χ4n) is 2.60. The van der Waals surface area contributed by atoms with Crippen LogP contribution in [0.4, 0.5) is 0 Å². The third-order valence-corrected chi connectivity index (χ3v) is 3.73. The molecule has 1 aliphatic rings. The van der Waals surface area contributed by atoms with Gasteiger partial charge in [-0.2, -0.15) is 0 Å². The molecule has 0 spiro atoms. The van der Waals surface area contributed by atoms with Crippen LogP contribution in [-0.4, -0.2) is 39.1 Å². The molecule has 0 amide bonds. The van der Waals surface area contributed by atoms with Crippen LogP contribution in [0.25, 0.3) is 10.9 Å². The van der Waals surface area contributed by atoms with Crippen LogP contribution in [0.3, 0.4) is 0 Å². The standard InChI is InChI=1S/C14H18N4O/c19-14-12-4-5-15-10-13(12)16-11-18(14)9-8-17-6-2-1-3-7-17/h4-5,10-11H,1-3,6-9H2. The molecular weight excluding hydrogens is 240 g/mol. The minimum Gasteiger partial charge on any atom is -0.302 e. The predicted octanol–water partition coefficient (Wildman–Crippen LogP) is 1.28. The zero-order valence-corrected chi connectivity index (χ0v) is 11.0. The molecule has 3 heterocycles. The zero-order valence-electron chi connectivity index (χ0n) is 11.0. The topological polar surface area (TPSA) is 51.0 Å². The van der Waals surface area contributed by atoms with E-state index >= 15 is 0 Å². The molecule has 0 atom stereocenters. The van der Waals surface area contributed by atoms with Crippen LogP contribution in [0.1, 0.15) is 19.3 Å². The number of likely N-dealkylation sites (tertiary alicyclic amines) is 1. The van der Waals surface area contributed by atoms with Crippen molar-refractivity contribution in [2.24, 2.45) is 0 Å². The van der Waals surface area contributed by atoms with Crippen LogP contribution >= 0.6 is 0 Å². The van der Waals surface area contributed by atoms with Gasteiger partial charge in [-0.3, -0.25) is 14.3 Å². The molecule has 5 heteroatoms. The Bertz CT molecular complexity index is 616. The largest absolute Gasteiger partial charge is 0.302 e. The van der Waals surface area contributed by atoms with Crippen LogP contribution < -0.4 is 5.56 Å².